The van der Waals surface area contributed by atoms with E-state index in [2.05, 4.69) is 6.07 Å². The van der Waals surface area contributed by atoms with Gasteiger partial charge in [-0.2, -0.15) is 5.26 Å². The summed E-state index contributed by atoms with van der Waals surface area (Å²) < 4.78 is 0. The Morgan fingerprint density at radius 1 is 1.06 bits per heavy atom. The van der Waals surface area contributed by atoms with Gasteiger partial charge in [-0.1, -0.05) is 35.9 Å². The number of nitrogen functional groups attached to an aromatic ring is 1. The topological polar surface area (TPSA) is 49.8 Å². The second-order valence-corrected chi connectivity index (χ2v) is 3.83. The van der Waals surface area contributed by atoms with Gasteiger partial charge in [-0.05, 0) is 18.2 Å². The van der Waals surface area contributed by atoms with E-state index in [4.69, 9.17) is 22.6 Å². The molecule has 2 aromatic rings. The van der Waals surface area contributed by atoms with Crippen LogP contribution in [0.3, 0.4) is 0 Å². The Bertz CT molecular complexity index is 570. The summed E-state index contributed by atoms with van der Waals surface area (Å²) >= 11 is 5.84. The van der Waals surface area contributed by atoms with E-state index >= 15 is 0 Å². The molecule has 0 spiro atoms. The molecule has 0 aromatic heterocycles. The highest BCUT2D eigenvalue weighted by molar-refractivity contribution is 6.30. The number of nitriles is 1. The molecule has 0 aliphatic carbocycles. The van der Waals surface area contributed by atoms with Crippen molar-refractivity contribution in [2.75, 3.05) is 5.73 Å². The summed E-state index contributed by atoms with van der Waals surface area (Å²) in [5.41, 5.74) is 8.73. The van der Waals surface area contributed by atoms with E-state index in [9.17, 15) is 0 Å². The first-order valence-corrected chi connectivity index (χ1v) is 5.14. The first-order chi connectivity index (χ1) is 7.72. The Balaban J connectivity index is 2.66. The van der Waals surface area contributed by atoms with Crippen molar-refractivity contribution in [2.24, 2.45) is 0 Å². The smallest absolute Gasteiger partial charge is 0.0998 e. The normalized spacial score (nSPS) is 9.75. The Hall–Kier alpha value is -1.98. The number of anilines is 1. The van der Waals surface area contributed by atoms with E-state index in [1.165, 1.54) is 0 Å². The minimum atomic E-state index is 0.533. The molecular weight excluding hydrogens is 220 g/mol. The van der Waals surface area contributed by atoms with Gasteiger partial charge in [-0.3, -0.25) is 0 Å². The number of hydrogen-bond donors (Lipinski definition) is 1. The van der Waals surface area contributed by atoms with Crippen molar-refractivity contribution in [3.63, 3.8) is 0 Å². The Labute approximate surface area is 98.9 Å². The fraction of sp³-hybridized carbons (Fsp3) is 0. The second kappa shape index (κ2) is 4.26. The molecule has 3 heteroatoms. The van der Waals surface area contributed by atoms with Gasteiger partial charge in [0, 0.05) is 21.8 Å². The van der Waals surface area contributed by atoms with Gasteiger partial charge < -0.3 is 5.73 Å². The van der Waals surface area contributed by atoms with Crippen molar-refractivity contribution in [3.05, 3.63) is 53.1 Å². The molecule has 78 valence electrons. The molecule has 2 N–H and O–H groups in total. The molecule has 2 aromatic carbocycles. The minimum Gasteiger partial charge on any atom is -0.398 e. The van der Waals surface area contributed by atoms with Crippen LogP contribution in [0.15, 0.2) is 42.5 Å². The molecule has 2 nitrogen and oxygen atoms in total. The number of halogens is 1. The molecule has 0 bridgehead atoms. The average Bonchev–Trinajstić information content (AvgIpc) is 2.30. The van der Waals surface area contributed by atoms with Crippen LogP contribution in [0.2, 0.25) is 5.02 Å². The maximum Gasteiger partial charge on any atom is 0.0998 e. The zero-order chi connectivity index (χ0) is 11.5. The van der Waals surface area contributed by atoms with Crippen LogP contribution in [0.1, 0.15) is 5.56 Å². The lowest BCUT2D eigenvalue weighted by Crippen LogP contribution is -1.91. The third-order valence-electron chi connectivity index (χ3n) is 2.35. The fourth-order valence-electron chi connectivity index (χ4n) is 1.59. The summed E-state index contributed by atoms with van der Waals surface area (Å²) in [7, 11) is 0. The summed E-state index contributed by atoms with van der Waals surface area (Å²) in [6.07, 6.45) is 0. The molecule has 0 aliphatic rings. The van der Waals surface area contributed by atoms with E-state index in [1.807, 2.05) is 30.3 Å². The molecule has 0 radical (unpaired) electrons. The maximum absolute atomic E-state index is 9.05. The van der Waals surface area contributed by atoms with Crippen LogP contribution in [0, 0.1) is 11.3 Å². The van der Waals surface area contributed by atoms with Gasteiger partial charge in [0.2, 0.25) is 0 Å². The van der Waals surface area contributed by atoms with E-state index in [0.717, 1.165) is 11.1 Å². The molecular formula is C13H9ClN2. The van der Waals surface area contributed by atoms with Gasteiger partial charge in [-0.25, -0.2) is 0 Å². The number of nitrogens with two attached hydrogens (primary N) is 1. The number of rotatable bonds is 1. The van der Waals surface area contributed by atoms with Crippen molar-refractivity contribution in [3.8, 4) is 17.2 Å². The fourth-order valence-corrected chi connectivity index (χ4v) is 1.76. The molecule has 0 saturated heterocycles. The molecule has 0 saturated carbocycles. The summed E-state index contributed by atoms with van der Waals surface area (Å²) in [5.74, 6) is 0. The third kappa shape index (κ3) is 1.86. The van der Waals surface area contributed by atoms with Crippen LogP contribution >= 0.6 is 11.6 Å². The Kier molecular flexibility index (Phi) is 2.80. The predicted octanol–water partition coefficient (Wildman–Crippen LogP) is 3.46. The van der Waals surface area contributed by atoms with Crippen molar-refractivity contribution in [2.45, 2.75) is 0 Å². The molecule has 2 rings (SSSR count). The zero-order valence-electron chi connectivity index (χ0n) is 8.44. The Morgan fingerprint density at radius 2 is 1.81 bits per heavy atom. The number of para-hydroxylation sites is 1. The van der Waals surface area contributed by atoms with Gasteiger partial charge in [0.15, 0.2) is 0 Å². The van der Waals surface area contributed by atoms with Crippen molar-refractivity contribution in [1.29, 1.82) is 5.26 Å². The monoisotopic (exact) mass is 228 g/mol. The molecule has 0 heterocycles. The third-order valence-corrected chi connectivity index (χ3v) is 2.59. The van der Waals surface area contributed by atoms with E-state index in [1.54, 1.807) is 12.1 Å². The largest absolute Gasteiger partial charge is 0.398 e. The van der Waals surface area contributed by atoms with Gasteiger partial charge in [0.05, 0.1) is 11.6 Å². The molecule has 16 heavy (non-hydrogen) atoms. The number of nitrogens with zero attached hydrogens (tertiary/aromatic N) is 1. The Morgan fingerprint density at radius 3 is 2.50 bits per heavy atom. The predicted molar refractivity (Wildman–Crippen MR) is 66.0 cm³/mol. The van der Waals surface area contributed by atoms with Crippen LogP contribution in [0.4, 0.5) is 5.69 Å². The molecule has 0 atom stereocenters. The van der Waals surface area contributed by atoms with Gasteiger partial charge in [0.1, 0.15) is 0 Å². The summed E-state index contributed by atoms with van der Waals surface area (Å²) in [4.78, 5) is 0. The van der Waals surface area contributed by atoms with Gasteiger partial charge >= 0.3 is 0 Å². The van der Waals surface area contributed by atoms with Crippen LogP contribution in [-0.2, 0) is 0 Å². The van der Waals surface area contributed by atoms with Crippen LogP contribution in [0.25, 0.3) is 11.1 Å². The first-order valence-electron chi connectivity index (χ1n) is 4.77. The number of benzene rings is 2. The average molecular weight is 229 g/mol. The highest BCUT2D eigenvalue weighted by atomic mass is 35.5. The van der Waals surface area contributed by atoms with Crippen molar-refractivity contribution >= 4 is 17.3 Å². The zero-order valence-corrected chi connectivity index (χ0v) is 9.20. The standard InChI is InChI=1S/C13H9ClN2/c14-10-5-6-11(9(7-10)8-15)12-3-1-2-4-13(12)16/h1-7H,16H2. The van der Waals surface area contributed by atoms with Crippen LogP contribution < -0.4 is 5.73 Å². The molecule has 0 amide bonds. The molecule has 0 unspecified atom stereocenters. The van der Waals surface area contributed by atoms with Gasteiger partial charge in [-0.15, -0.1) is 0 Å². The summed E-state index contributed by atoms with van der Waals surface area (Å²) in [6, 6.07) is 14.8. The minimum absolute atomic E-state index is 0.533. The van der Waals surface area contributed by atoms with Gasteiger partial charge in [0.25, 0.3) is 0 Å². The quantitative estimate of drug-likeness (QED) is 0.760. The number of hydrogen-bond acceptors (Lipinski definition) is 2. The molecule has 0 aliphatic heterocycles. The lowest BCUT2D eigenvalue weighted by atomic mass is 9.99. The summed E-state index contributed by atoms with van der Waals surface area (Å²) in [6.45, 7) is 0. The van der Waals surface area contributed by atoms with E-state index < -0.39 is 0 Å². The van der Waals surface area contributed by atoms with E-state index in [-0.39, 0.29) is 0 Å². The maximum atomic E-state index is 9.05. The van der Waals surface area contributed by atoms with Crippen molar-refractivity contribution < 1.29 is 0 Å². The van der Waals surface area contributed by atoms with Crippen LogP contribution in [-0.4, -0.2) is 0 Å². The van der Waals surface area contributed by atoms with Crippen LogP contribution in [0.5, 0.6) is 0 Å². The first kappa shape index (κ1) is 10.5. The van der Waals surface area contributed by atoms with Crippen molar-refractivity contribution in [1.82, 2.24) is 0 Å². The second-order valence-electron chi connectivity index (χ2n) is 3.39. The lowest BCUT2D eigenvalue weighted by molar-refractivity contribution is 1.48. The summed E-state index contributed by atoms with van der Waals surface area (Å²) in [5, 5.41) is 9.60. The molecule has 0 fully saturated rings. The lowest BCUT2D eigenvalue weighted by Gasteiger charge is -2.07. The highest BCUT2D eigenvalue weighted by Crippen LogP contribution is 2.29. The highest BCUT2D eigenvalue weighted by Gasteiger charge is 2.07. The SMILES string of the molecule is N#Cc1cc(Cl)ccc1-c1ccccc1N. The van der Waals surface area contributed by atoms with E-state index in [0.29, 0.717) is 16.3 Å².